The third-order valence-electron chi connectivity index (χ3n) is 4.15. The minimum Gasteiger partial charge on any atom is -0.455 e. The van der Waals surface area contributed by atoms with Crippen LogP contribution in [0.4, 0.5) is 0 Å². The lowest BCUT2D eigenvalue weighted by atomic mass is 9.66. The van der Waals surface area contributed by atoms with Gasteiger partial charge in [0.1, 0.15) is 11.9 Å². The van der Waals surface area contributed by atoms with Gasteiger partial charge in [-0.05, 0) is 30.3 Å². The van der Waals surface area contributed by atoms with E-state index in [0.717, 1.165) is 30.9 Å². The van der Waals surface area contributed by atoms with Crippen molar-refractivity contribution in [2.45, 2.75) is 38.7 Å². The van der Waals surface area contributed by atoms with Crippen LogP contribution in [0, 0.1) is 11.3 Å². The van der Waals surface area contributed by atoms with Crippen molar-refractivity contribution in [3.05, 3.63) is 24.8 Å². The predicted octanol–water partition coefficient (Wildman–Crippen LogP) is 2.42. The Kier molecular flexibility index (Phi) is 2.94. The van der Waals surface area contributed by atoms with E-state index in [2.05, 4.69) is 20.1 Å². The molecule has 92 valence electrons. The Labute approximate surface area is 102 Å². The van der Waals surface area contributed by atoms with E-state index in [1.54, 1.807) is 0 Å². The second kappa shape index (κ2) is 4.13. The van der Waals surface area contributed by atoms with Crippen LogP contribution in [0.3, 0.4) is 0 Å². The molecule has 0 aromatic carbocycles. The van der Waals surface area contributed by atoms with Crippen molar-refractivity contribution in [1.29, 1.82) is 0 Å². The van der Waals surface area contributed by atoms with Crippen LogP contribution in [0.25, 0.3) is 0 Å². The van der Waals surface area contributed by atoms with E-state index in [-0.39, 0.29) is 23.2 Å². The first kappa shape index (κ1) is 12.1. The smallest absolute Gasteiger partial charge is 0.330 e. The fourth-order valence-electron chi connectivity index (χ4n) is 3.16. The molecule has 0 saturated heterocycles. The lowest BCUT2D eigenvalue weighted by Crippen LogP contribution is -2.39. The Morgan fingerprint density at radius 2 is 2.24 bits per heavy atom. The molecule has 2 saturated carbocycles. The quantitative estimate of drug-likeness (QED) is 0.418. The van der Waals surface area contributed by atoms with E-state index in [1.165, 1.54) is 0 Å². The summed E-state index contributed by atoms with van der Waals surface area (Å²) in [6.07, 6.45) is 4.06. The molecule has 2 rings (SSSR count). The minimum absolute atomic E-state index is 0.0330. The van der Waals surface area contributed by atoms with E-state index in [4.69, 9.17) is 4.74 Å². The molecule has 0 spiro atoms. The van der Waals surface area contributed by atoms with Crippen molar-refractivity contribution in [3.8, 4) is 0 Å². The number of carbonyl (C=O) groups excluding carboxylic acids is 2. The number of ketones is 1. The van der Waals surface area contributed by atoms with Gasteiger partial charge in [0, 0.05) is 18.4 Å². The molecule has 1 unspecified atom stereocenters. The van der Waals surface area contributed by atoms with Crippen LogP contribution in [-0.4, -0.2) is 17.9 Å². The van der Waals surface area contributed by atoms with Gasteiger partial charge in [-0.25, -0.2) is 4.79 Å². The number of rotatable bonds is 2. The zero-order chi connectivity index (χ0) is 12.6. The molecule has 0 aromatic heterocycles. The van der Waals surface area contributed by atoms with Crippen molar-refractivity contribution < 1.29 is 14.3 Å². The van der Waals surface area contributed by atoms with Gasteiger partial charge in [-0.15, -0.1) is 0 Å². The number of ether oxygens (including phenoxy) is 1. The lowest BCUT2D eigenvalue weighted by Gasteiger charge is -2.40. The first-order valence-electron chi connectivity index (χ1n) is 6.02. The molecule has 2 aliphatic carbocycles. The molecule has 2 fully saturated rings. The van der Waals surface area contributed by atoms with Crippen LogP contribution in [-0.2, 0) is 14.3 Å². The molecule has 0 aromatic rings. The van der Waals surface area contributed by atoms with Gasteiger partial charge >= 0.3 is 5.97 Å². The van der Waals surface area contributed by atoms with E-state index in [1.807, 2.05) is 0 Å². The molecular weight excluding hydrogens is 216 g/mol. The third kappa shape index (κ3) is 1.94. The molecule has 0 heterocycles. The molecule has 0 radical (unpaired) electrons. The second-order valence-electron chi connectivity index (χ2n) is 5.30. The first-order valence-corrected chi connectivity index (χ1v) is 6.02. The van der Waals surface area contributed by atoms with Gasteiger partial charge < -0.3 is 4.74 Å². The molecular formula is C14H18O3. The van der Waals surface area contributed by atoms with E-state index in [9.17, 15) is 9.59 Å². The number of hydrogen-bond acceptors (Lipinski definition) is 3. The summed E-state index contributed by atoms with van der Waals surface area (Å²) in [7, 11) is 0. The molecule has 0 N–H and O–H groups in total. The van der Waals surface area contributed by atoms with E-state index >= 15 is 0 Å². The highest BCUT2D eigenvalue weighted by Crippen LogP contribution is 2.52. The molecule has 2 aliphatic rings. The van der Waals surface area contributed by atoms with Crippen molar-refractivity contribution in [2.24, 2.45) is 11.3 Å². The van der Waals surface area contributed by atoms with Gasteiger partial charge in [0.05, 0.1) is 0 Å². The highest BCUT2D eigenvalue weighted by atomic mass is 16.5. The average molecular weight is 234 g/mol. The zero-order valence-corrected chi connectivity index (χ0v) is 10.2. The SMILES string of the molecule is C=CC(=O)OC1CC[C@]2(C)CCC(=O)[C@@H]2C1=C. The van der Waals surface area contributed by atoms with Gasteiger partial charge in [-0.1, -0.05) is 20.1 Å². The van der Waals surface area contributed by atoms with Crippen LogP contribution in [0.1, 0.15) is 32.6 Å². The zero-order valence-electron chi connectivity index (χ0n) is 10.2. The van der Waals surface area contributed by atoms with E-state index < -0.39 is 5.97 Å². The standard InChI is InChI=1S/C14H18O3/c1-4-12(16)17-11-6-8-14(3)7-5-10(15)13(14)9(11)2/h4,11,13H,1-2,5-8H2,3H3/t11?,13-,14-/m0/s1. The summed E-state index contributed by atoms with van der Waals surface area (Å²) in [6.45, 7) is 9.50. The molecule has 3 heteroatoms. The van der Waals surface area contributed by atoms with Gasteiger partial charge in [0.2, 0.25) is 0 Å². The van der Waals surface area contributed by atoms with Crippen LogP contribution < -0.4 is 0 Å². The van der Waals surface area contributed by atoms with Crippen molar-refractivity contribution in [1.82, 2.24) is 0 Å². The summed E-state index contributed by atoms with van der Waals surface area (Å²) in [4.78, 5) is 23.1. The second-order valence-corrected chi connectivity index (χ2v) is 5.30. The first-order chi connectivity index (χ1) is 7.98. The summed E-state index contributed by atoms with van der Waals surface area (Å²) in [5.41, 5.74) is 0.807. The number of esters is 1. The molecule has 17 heavy (non-hydrogen) atoms. The number of Topliss-reactive ketones (excluding diaryl/α,β-unsaturated/α-hetero) is 1. The Morgan fingerprint density at radius 1 is 1.53 bits per heavy atom. The summed E-state index contributed by atoms with van der Waals surface area (Å²) in [6, 6.07) is 0. The van der Waals surface area contributed by atoms with Gasteiger partial charge in [0.15, 0.2) is 0 Å². The average Bonchev–Trinajstić information content (AvgIpc) is 2.60. The molecule has 0 amide bonds. The molecule has 0 aliphatic heterocycles. The Morgan fingerprint density at radius 3 is 2.88 bits per heavy atom. The highest BCUT2D eigenvalue weighted by Gasteiger charge is 2.50. The maximum absolute atomic E-state index is 11.9. The van der Waals surface area contributed by atoms with Crippen molar-refractivity contribution >= 4 is 11.8 Å². The fourth-order valence-corrected chi connectivity index (χ4v) is 3.16. The number of hydrogen-bond donors (Lipinski definition) is 0. The third-order valence-corrected chi connectivity index (χ3v) is 4.15. The highest BCUT2D eigenvalue weighted by molar-refractivity contribution is 5.87. The summed E-state index contributed by atoms with van der Waals surface area (Å²) >= 11 is 0. The Balaban J connectivity index is 2.16. The van der Waals surface area contributed by atoms with Gasteiger partial charge in [0.25, 0.3) is 0 Å². The van der Waals surface area contributed by atoms with Crippen molar-refractivity contribution in [3.63, 3.8) is 0 Å². The molecule has 3 nitrogen and oxygen atoms in total. The fraction of sp³-hybridized carbons (Fsp3) is 0.571. The molecule has 0 bridgehead atoms. The Bertz CT molecular complexity index is 396. The maximum atomic E-state index is 11.9. The summed E-state index contributed by atoms with van der Waals surface area (Å²) < 4.78 is 5.25. The lowest BCUT2D eigenvalue weighted by molar-refractivity contribution is -0.144. The minimum atomic E-state index is -0.440. The molecule has 3 atom stereocenters. The predicted molar refractivity (Wildman–Crippen MR) is 64.3 cm³/mol. The normalized spacial score (nSPS) is 36.5. The van der Waals surface area contributed by atoms with Crippen LogP contribution >= 0.6 is 0 Å². The summed E-state index contributed by atoms with van der Waals surface area (Å²) in [5.74, 6) is -0.319. The van der Waals surface area contributed by atoms with Gasteiger partial charge in [-0.2, -0.15) is 0 Å². The van der Waals surface area contributed by atoms with Crippen LogP contribution in [0.15, 0.2) is 24.8 Å². The topological polar surface area (TPSA) is 43.4 Å². The number of fused-ring (bicyclic) bond motifs is 1. The van der Waals surface area contributed by atoms with Gasteiger partial charge in [-0.3, -0.25) is 4.79 Å². The van der Waals surface area contributed by atoms with E-state index in [0.29, 0.717) is 6.42 Å². The Hall–Kier alpha value is -1.38. The van der Waals surface area contributed by atoms with Crippen LogP contribution in [0.2, 0.25) is 0 Å². The largest absolute Gasteiger partial charge is 0.455 e. The maximum Gasteiger partial charge on any atom is 0.330 e. The number of carbonyl (C=O) groups is 2. The monoisotopic (exact) mass is 234 g/mol. The van der Waals surface area contributed by atoms with Crippen LogP contribution in [0.5, 0.6) is 0 Å². The summed E-state index contributed by atoms with van der Waals surface area (Å²) in [5, 5.41) is 0. The van der Waals surface area contributed by atoms with Crippen molar-refractivity contribution in [2.75, 3.05) is 0 Å².